The minimum atomic E-state index is -0.0730. The van der Waals surface area contributed by atoms with Crippen LogP contribution in [0.2, 0.25) is 0 Å². The van der Waals surface area contributed by atoms with Crippen LogP contribution in [-0.4, -0.2) is 9.13 Å². The average Bonchev–Trinajstić information content (AvgIpc) is 3.90. The van der Waals surface area contributed by atoms with E-state index in [0.29, 0.717) is 34.6 Å². The predicted octanol–water partition coefficient (Wildman–Crippen LogP) is 14.2. The number of fused-ring (bicyclic) bond motifs is 3. The van der Waals surface area contributed by atoms with Crippen molar-refractivity contribution in [1.29, 1.82) is 10.5 Å². The standard InChI is InChI=1S/C60H42N8/c1-5-65-57(43-31-35-47(36-32-43)67(45-23-9-7-10-24-45)53-29-17-21-41-19-13-15-27-49(41)53)55-56(59(65)51(39-61)63-3)58(66(6-2)60(55)52(40-62)64-4)44-33-37-48(38-34-44)68(46-25-11-8-12-26-46)54-30-18-22-42-20-14-16-28-50(42)54/h7-38H,5-6H2,1-2H3. The molecule has 2 aromatic heterocycles. The normalized spacial score (nSPS) is 11.9. The highest BCUT2D eigenvalue weighted by Crippen LogP contribution is 2.43. The Kier molecular flexibility index (Phi) is 11.3. The van der Waals surface area contributed by atoms with E-state index in [4.69, 9.17) is 13.1 Å². The Labute approximate surface area is 394 Å². The van der Waals surface area contributed by atoms with Crippen molar-refractivity contribution in [2.24, 2.45) is 0 Å². The zero-order valence-corrected chi connectivity index (χ0v) is 37.5. The van der Waals surface area contributed by atoms with Crippen LogP contribution >= 0.6 is 0 Å². The number of aromatic nitrogens is 2. The molecule has 8 nitrogen and oxygen atoms in total. The van der Waals surface area contributed by atoms with Gasteiger partial charge >= 0.3 is 0 Å². The minimum absolute atomic E-state index is 0.0730. The molecule has 8 heteroatoms. The molecule has 0 aliphatic heterocycles. The lowest BCUT2D eigenvalue weighted by Gasteiger charge is -2.27. The Hall–Kier alpha value is -9.60. The summed E-state index contributed by atoms with van der Waals surface area (Å²) in [7, 11) is 0. The van der Waals surface area contributed by atoms with Crippen LogP contribution in [0.3, 0.4) is 0 Å². The van der Waals surface area contributed by atoms with Gasteiger partial charge in [0.15, 0.2) is 0 Å². The topological polar surface area (TPSA) is 72.6 Å². The van der Waals surface area contributed by atoms with Crippen LogP contribution in [0, 0.1) is 35.8 Å². The summed E-state index contributed by atoms with van der Waals surface area (Å²) in [6, 6.07) is 70.9. The van der Waals surface area contributed by atoms with E-state index in [1.165, 1.54) is 0 Å². The molecule has 0 aliphatic rings. The minimum Gasteiger partial charge on any atom is -0.349 e. The molecule has 8 aromatic carbocycles. The van der Waals surface area contributed by atoms with Gasteiger partial charge in [-0.15, -0.1) is 0 Å². The van der Waals surface area contributed by atoms with E-state index in [9.17, 15) is 10.5 Å². The van der Waals surface area contributed by atoms with Crippen molar-refractivity contribution in [1.82, 2.24) is 9.13 Å². The van der Waals surface area contributed by atoms with Gasteiger partial charge in [0.1, 0.15) is 0 Å². The van der Waals surface area contributed by atoms with Gasteiger partial charge in [-0.1, -0.05) is 133 Å². The summed E-state index contributed by atoms with van der Waals surface area (Å²) in [5.74, 6) is 0. The summed E-state index contributed by atoms with van der Waals surface area (Å²) in [6.07, 6.45) is 0. The third kappa shape index (κ3) is 7.08. The Bertz CT molecular complexity index is 3560. The highest BCUT2D eigenvalue weighted by Gasteiger charge is 2.28. The molecule has 0 amide bonds. The van der Waals surface area contributed by atoms with Gasteiger partial charge in [-0.25, -0.2) is 20.2 Å². The Morgan fingerprint density at radius 1 is 0.441 bits per heavy atom. The van der Waals surface area contributed by atoms with Crippen molar-refractivity contribution < 1.29 is 0 Å². The molecule has 0 aliphatic carbocycles. The summed E-state index contributed by atoms with van der Waals surface area (Å²) in [5.41, 5.74) is 8.83. The molecule has 0 unspecified atom stereocenters. The molecule has 0 saturated carbocycles. The van der Waals surface area contributed by atoms with Gasteiger partial charge in [-0.3, -0.25) is 0 Å². The number of hydrogen-bond donors (Lipinski definition) is 0. The van der Waals surface area contributed by atoms with Gasteiger partial charge in [-0.05, 0) is 96.4 Å². The van der Waals surface area contributed by atoms with E-state index in [2.05, 4.69) is 177 Å². The van der Waals surface area contributed by atoms with Crippen molar-refractivity contribution >= 4 is 77.8 Å². The van der Waals surface area contributed by atoms with Gasteiger partial charge in [0.05, 0.1) is 58.7 Å². The fourth-order valence-corrected chi connectivity index (χ4v) is 9.80. The Balaban J connectivity index is 1.22. The fraction of sp³-hybridized carbons (Fsp3) is 0.0667. The van der Waals surface area contributed by atoms with E-state index in [1.54, 1.807) is 0 Å². The monoisotopic (exact) mass is 874 g/mol. The third-order valence-corrected chi connectivity index (χ3v) is 12.6. The van der Waals surface area contributed by atoms with E-state index in [0.717, 1.165) is 78.2 Å². The molecule has 10 aromatic rings. The molecular weight excluding hydrogens is 833 g/mol. The molecule has 10 rings (SSSR count). The molecule has 0 N–H and O–H groups in total. The van der Waals surface area contributed by atoms with Crippen LogP contribution in [0.25, 0.3) is 75.9 Å². The molecule has 0 atom stereocenters. The fourth-order valence-electron chi connectivity index (χ4n) is 9.80. The van der Waals surface area contributed by atoms with Crippen molar-refractivity contribution in [3.8, 4) is 34.7 Å². The van der Waals surface area contributed by atoms with Crippen LogP contribution in [0.4, 0.5) is 34.1 Å². The van der Waals surface area contributed by atoms with Gasteiger partial charge in [0.25, 0.3) is 11.4 Å². The largest absolute Gasteiger partial charge is 0.349 e. The summed E-state index contributed by atoms with van der Waals surface area (Å²) in [4.78, 5) is 12.1. The smallest absolute Gasteiger partial charge is 0.285 e. The van der Waals surface area contributed by atoms with E-state index < -0.39 is 0 Å². The summed E-state index contributed by atoms with van der Waals surface area (Å²) in [6.45, 7) is 21.4. The number of nitrogens with zero attached hydrogens (tertiary/aromatic N) is 8. The molecule has 2 heterocycles. The summed E-state index contributed by atoms with van der Waals surface area (Å²) < 4.78 is 4.02. The maximum absolute atomic E-state index is 10.7. The molecule has 68 heavy (non-hydrogen) atoms. The Morgan fingerprint density at radius 2 is 0.779 bits per heavy atom. The summed E-state index contributed by atoms with van der Waals surface area (Å²) >= 11 is 0. The quantitative estimate of drug-likeness (QED) is 0.128. The van der Waals surface area contributed by atoms with Crippen LogP contribution < -0.4 is 20.5 Å². The average molecular weight is 875 g/mol. The summed E-state index contributed by atoms with van der Waals surface area (Å²) in [5, 5.41) is 28.0. The number of para-hydroxylation sites is 2. The zero-order valence-electron chi connectivity index (χ0n) is 37.5. The molecule has 0 fully saturated rings. The van der Waals surface area contributed by atoms with Gasteiger partial charge in [0.2, 0.25) is 0 Å². The number of rotatable bonds is 10. The van der Waals surface area contributed by atoms with Crippen molar-refractivity contribution in [2.45, 2.75) is 26.9 Å². The van der Waals surface area contributed by atoms with Crippen LogP contribution in [-0.2, 0) is 13.1 Å². The zero-order chi connectivity index (χ0) is 46.7. The maximum Gasteiger partial charge on any atom is 0.285 e. The van der Waals surface area contributed by atoms with Crippen LogP contribution in [0.1, 0.15) is 13.8 Å². The first kappa shape index (κ1) is 42.4. The van der Waals surface area contributed by atoms with E-state index >= 15 is 0 Å². The maximum atomic E-state index is 10.7. The second kappa shape index (κ2) is 18.1. The van der Waals surface area contributed by atoms with Crippen molar-refractivity contribution in [2.75, 3.05) is 9.80 Å². The van der Waals surface area contributed by atoms with Crippen LogP contribution in [0.15, 0.2) is 194 Å². The number of nitriles is 2. The van der Waals surface area contributed by atoms with Crippen molar-refractivity contribution in [3.05, 3.63) is 228 Å². The highest BCUT2D eigenvalue weighted by molar-refractivity contribution is 6.08. The Morgan fingerprint density at radius 3 is 1.13 bits per heavy atom. The van der Waals surface area contributed by atoms with E-state index in [-0.39, 0.29) is 11.4 Å². The number of benzene rings is 8. The number of anilines is 6. The first-order valence-corrected chi connectivity index (χ1v) is 22.5. The molecule has 0 bridgehead atoms. The first-order chi connectivity index (χ1) is 33.5. The molecule has 0 spiro atoms. The number of hydrogen-bond acceptors (Lipinski definition) is 4. The SMILES string of the molecule is [C-]#[N+]C(C#N)=c1c2c(-c3ccc(N(c4ccccc4)c4cccc5ccccc45)cc3)n(CC)c(=C(C#N)[N+]#[C-])c2c(-c2ccc(N(c3ccccc3)c3cccc4ccccc34)cc2)n1CC. The lowest BCUT2D eigenvalue weighted by molar-refractivity contribution is 0.740. The first-order valence-electron chi connectivity index (χ1n) is 22.5. The predicted molar refractivity (Wildman–Crippen MR) is 277 cm³/mol. The molecule has 322 valence electrons. The molecule has 0 saturated heterocycles. The lowest BCUT2D eigenvalue weighted by atomic mass is 10.0. The van der Waals surface area contributed by atoms with Gasteiger partial charge < -0.3 is 18.9 Å². The second-order valence-corrected chi connectivity index (χ2v) is 16.2. The van der Waals surface area contributed by atoms with E-state index in [1.807, 2.05) is 71.5 Å². The highest BCUT2D eigenvalue weighted by atomic mass is 15.2. The van der Waals surface area contributed by atoms with Gasteiger partial charge in [-0.2, -0.15) is 0 Å². The third-order valence-electron chi connectivity index (χ3n) is 12.6. The van der Waals surface area contributed by atoms with Crippen molar-refractivity contribution in [3.63, 3.8) is 0 Å². The van der Waals surface area contributed by atoms with Gasteiger partial charge in [0, 0.05) is 57.4 Å². The lowest BCUT2D eigenvalue weighted by Crippen LogP contribution is -2.23. The molecule has 0 radical (unpaired) electrons. The molecular formula is C60H42N8. The van der Waals surface area contributed by atoms with Crippen LogP contribution in [0.5, 0.6) is 0 Å². The second-order valence-electron chi connectivity index (χ2n) is 16.2.